The molecule has 0 fully saturated rings. The zero-order valence-electron chi connectivity index (χ0n) is 35.0. The second-order valence-electron chi connectivity index (χ2n) is 15.7. The van der Waals surface area contributed by atoms with Crippen LogP contribution in [0, 0.1) is 6.92 Å². The fraction of sp³-hybridized carbons (Fsp3) is 0.0175. The lowest BCUT2D eigenvalue weighted by Crippen LogP contribution is -2.11. The molecule has 0 saturated heterocycles. The van der Waals surface area contributed by atoms with Crippen molar-refractivity contribution in [3.8, 4) is 56.3 Å². The van der Waals surface area contributed by atoms with Gasteiger partial charge in [-0.25, -0.2) is 29.5 Å². The van der Waals surface area contributed by atoms with E-state index in [4.69, 9.17) is 29.4 Å². The minimum absolute atomic E-state index is 0.186. The molecule has 8 nitrogen and oxygen atoms in total. The molecular formula is C57H36N4O4. The number of aromatic nitrogens is 4. The smallest absolute Gasteiger partial charge is 0.362 e. The van der Waals surface area contributed by atoms with Gasteiger partial charge in [0.15, 0.2) is 0 Å². The van der Waals surface area contributed by atoms with Crippen LogP contribution < -0.4 is 9.47 Å². The van der Waals surface area contributed by atoms with Crippen molar-refractivity contribution in [1.82, 2.24) is 19.9 Å². The molecule has 0 saturated carbocycles. The number of esters is 2. The Morgan fingerprint density at radius 1 is 0.369 bits per heavy atom. The van der Waals surface area contributed by atoms with E-state index in [0.717, 1.165) is 71.9 Å². The van der Waals surface area contributed by atoms with E-state index >= 15 is 0 Å². The molecule has 11 rings (SSSR count). The number of carbonyl (C=O) groups is 2. The molecule has 8 heteroatoms. The maximum Gasteiger partial charge on any atom is 0.362 e. The lowest BCUT2D eigenvalue weighted by Gasteiger charge is -2.14. The molecule has 65 heavy (non-hydrogen) atoms. The predicted molar refractivity (Wildman–Crippen MR) is 257 cm³/mol. The van der Waals surface area contributed by atoms with Gasteiger partial charge in [-0.15, -0.1) is 0 Å². The summed E-state index contributed by atoms with van der Waals surface area (Å²) in [5.74, 6) is -0.226. The minimum atomic E-state index is -0.552. The van der Waals surface area contributed by atoms with Crippen molar-refractivity contribution in [2.75, 3.05) is 0 Å². The van der Waals surface area contributed by atoms with E-state index in [1.807, 2.05) is 152 Å². The van der Waals surface area contributed by atoms with E-state index in [9.17, 15) is 9.59 Å². The monoisotopic (exact) mass is 840 g/mol. The molecule has 0 atom stereocenters. The van der Waals surface area contributed by atoms with Gasteiger partial charge in [-0.05, 0) is 89.3 Å². The summed E-state index contributed by atoms with van der Waals surface area (Å²) in [5, 5.41) is 3.53. The topological polar surface area (TPSA) is 104 Å². The van der Waals surface area contributed by atoms with E-state index < -0.39 is 11.9 Å². The number of nitrogens with zero attached hydrogens (tertiary/aromatic N) is 4. The van der Waals surface area contributed by atoms with Gasteiger partial charge in [0.05, 0.1) is 33.5 Å². The van der Waals surface area contributed by atoms with Gasteiger partial charge in [0.25, 0.3) is 0 Å². The summed E-state index contributed by atoms with van der Waals surface area (Å²) in [7, 11) is 0. The van der Waals surface area contributed by atoms with Crippen LogP contribution in [-0.2, 0) is 0 Å². The second-order valence-corrected chi connectivity index (χ2v) is 15.7. The lowest BCUT2D eigenvalue weighted by atomic mass is 9.97. The summed E-state index contributed by atoms with van der Waals surface area (Å²) >= 11 is 0. The first-order chi connectivity index (χ1) is 31.9. The number of hydrogen-bond acceptors (Lipinski definition) is 8. The van der Waals surface area contributed by atoms with Crippen LogP contribution in [0.3, 0.4) is 0 Å². The highest BCUT2D eigenvalue weighted by molar-refractivity contribution is 6.12. The number of fused-ring (bicyclic) bond motifs is 6. The zero-order valence-corrected chi connectivity index (χ0v) is 35.0. The number of ether oxygens (including phenoxy) is 2. The maximum absolute atomic E-state index is 13.6. The van der Waals surface area contributed by atoms with Crippen molar-refractivity contribution in [2.45, 2.75) is 6.92 Å². The van der Waals surface area contributed by atoms with Crippen LogP contribution in [0.2, 0.25) is 0 Å². The molecule has 0 unspecified atom stereocenters. The fourth-order valence-corrected chi connectivity index (χ4v) is 8.38. The summed E-state index contributed by atoms with van der Waals surface area (Å²) < 4.78 is 11.5. The molecular weight excluding hydrogens is 805 g/mol. The molecule has 11 aromatic rings. The van der Waals surface area contributed by atoms with Crippen LogP contribution >= 0.6 is 0 Å². The highest BCUT2D eigenvalue weighted by Gasteiger charge is 2.20. The Kier molecular flexibility index (Phi) is 9.86. The summed E-state index contributed by atoms with van der Waals surface area (Å²) in [6.45, 7) is 2.06. The van der Waals surface area contributed by atoms with E-state index in [0.29, 0.717) is 33.6 Å². The molecule has 0 radical (unpaired) electrons. The Balaban J connectivity index is 0.997. The second kappa shape index (κ2) is 16.4. The standard InChI is InChI=1S/C57H36N4O4/c1-35-32-40(48-30-25-38-22-28-44-46(36-14-6-2-7-15-36)33-50(60-54(44)52(38)58-48)56(62)64-41-18-10-4-11-19-41)24-27-43(35)49-31-26-39-23-29-45-47(37-16-8-3-9-17-37)34-51(61-55(45)53(39)59-49)57(63)65-42-20-12-5-13-21-42/h2-34H,1H3. The predicted octanol–water partition coefficient (Wildman–Crippen LogP) is 13.3. The van der Waals surface area contributed by atoms with Crippen LogP contribution in [-0.4, -0.2) is 31.9 Å². The third-order valence-electron chi connectivity index (χ3n) is 11.6. The van der Waals surface area contributed by atoms with E-state index in [-0.39, 0.29) is 11.4 Å². The molecule has 0 amide bonds. The largest absolute Gasteiger partial charge is 0.422 e. The van der Waals surface area contributed by atoms with Gasteiger partial charge in [0.2, 0.25) is 0 Å². The molecule has 0 spiro atoms. The van der Waals surface area contributed by atoms with Crippen molar-refractivity contribution in [1.29, 1.82) is 0 Å². The Hall–Kier alpha value is -8.88. The number of hydrogen-bond donors (Lipinski definition) is 0. The van der Waals surface area contributed by atoms with Crippen molar-refractivity contribution in [3.63, 3.8) is 0 Å². The van der Waals surface area contributed by atoms with Gasteiger partial charge in [0.1, 0.15) is 22.9 Å². The van der Waals surface area contributed by atoms with Crippen LogP contribution in [0.25, 0.3) is 88.4 Å². The van der Waals surface area contributed by atoms with Gasteiger partial charge < -0.3 is 9.47 Å². The van der Waals surface area contributed by atoms with E-state index in [1.165, 1.54) is 0 Å². The van der Waals surface area contributed by atoms with E-state index in [2.05, 4.69) is 19.1 Å². The van der Waals surface area contributed by atoms with E-state index in [1.54, 1.807) is 36.4 Å². The Morgan fingerprint density at radius 3 is 1.28 bits per heavy atom. The van der Waals surface area contributed by atoms with Crippen LogP contribution in [0.5, 0.6) is 11.5 Å². The maximum atomic E-state index is 13.6. The third kappa shape index (κ3) is 7.49. The molecule has 308 valence electrons. The minimum Gasteiger partial charge on any atom is -0.422 e. The number of pyridine rings is 4. The average Bonchev–Trinajstić information content (AvgIpc) is 3.36. The molecule has 4 aromatic heterocycles. The molecule has 0 aliphatic carbocycles. The summed E-state index contributed by atoms with van der Waals surface area (Å²) in [6.07, 6.45) is 0. The van der Waals surface area contributed by atoms with Crippen LogP contribution in [0.1, 0.15) is 26.5 Å². The normalized spacial score (nSPS) is 11.3. The number of benzene rings is 7. The fourth-order valence-electron chi connectivity index (χ4n) is 8.38. The quantitative estimate of drug-likeness (QED) is 0.0846. The third-order valence-corrected chi connectivity index (χ3v) is 11.6. The molecule has 7 aromatic carbocycles. The lowest BCUT2D eigenvalue weighted by molar-refractivity contribution is 0.0719. The zero-order chi connectivity index (χ0) is 43.9. The van der Waals surface area contributed by atoms with Gasteiger partial charge >= 0.3 is 11.9 Å². The van der Waals surface area contributed by atoms with Crippen molar-refractivity contribution in [3.05, 3.63) is 217 Å². The number of carbonyl (C=O) groups excluding carboxylic acids is 2. The Labute approximate surface area is 373 Å². The summed E-state index contributed by atoms with van der Waals surface area (Å²) in [4.78, 5) is 47.6. The molecule has 0 aliphatic rings. The van der Waals surface area contributed by atoms with Crippen molar-refractivity contribution >= 4 is 55.6 Å². The van der Waals surface area contributed by atoms with Crippen molar-refractivity contribution in [2.24, 2.45) is 0 Å². The molecule has 0 bridgehead atoms. The Morgan fingerprint density at radius 2 is 0.800 bits per heavy atom. The Bertz CT molecular complexity index is 3640. The molecule has 4 heterocycles. The number of aryl methyl sites for hydroxylation is 1. The number of para-hydroxylation sites is 2. The highest BCUT2D eigenvalue weighted by atomic mass is 16.5. The summed E-state index contributed by atoms with van der Waals surface area (Å²) in [6, 6.07) is 64.0. The first-order valence-corrected chi connectivity index (χ1v) is 21.2. The van der Waals surface area contributed by atoms with Gasteiger partial charge in [-0.3, -0.25) is 0 Å². The molecule has 0 aliphatic heterocycles. The molecule has 0 N–H and O–H groups in total. The van der Waals surface area contributed by atoms with Gasteiger partial charge in [-0.1, -0.05) is 146 Å². The average molecular weight is 841 g/mol. The highest BCUT2D eigenvalue weighted by Crippen LogP contribution is 2.37. The van der Waals surface area contributed by atoms with Gasteiger partial charge in [0, 0.05) is 32.7 Å². The van der Waals surface area contributed by atoms with Crippen LogP contribution in [0.4, 0.5) is 0 Å². The SMILES string of the molecule is Cc1cc(-c2ccc3ccc4c(-c5ccccc5)cc(C(=O)Oc5ccccc5)nc4c3n2)ccc1-c1ccc2ccc3c(-c4ccccc4)cc(C(=O)Oc4ccccc4)nc3c2n1. The first kappa shape index (κ1) is 39.0. The van der Waals surface area contributed by atoms with Gasteiger partial charge in [-0.2, -0.15) is 0 Å². The number of rotatable bonds is 8. The first-order valence-electron chi connectivity index (χ1n) is 21.2. The summed E-state index contributed by atoms with van der Waals surface area (Å²) in [5.41, 5.74) is 10.9. The van der Waals surface area contributed by atoms with Crippen LogP contribution in [0.15, 0.2) is 200 Å². The van der Waals surface area contributed by atoms with Crippen molar-refractivity contribution < 1.29 is 19.1 Å².